The molecule has 0 aliphatic heterocycles. The first-order valence-corrected chi connectivity index (χ1v) is 6.65. The molecule has 100 valence electrons. The lowest BCUT2D eigenvalue weighted by Crippen LogP contribution is -2.24. The lowest BCUT2D eigenvalue weighted by Gasteiger charge is -2.23. The summed E-state index contributed by atoms with van der Waals surface area (Å²) in [5.74, 6) is 0.961. The second-order valence-electron chi connectivity index (χ2n) is 5.03. The monoisotopic (exact) mass is 255 g/mol. The Morgan fingerprint density at radius 3 is 2.53 bits per heavy atom. The van der Waals surface area contributed by atoms with Crippen LogP contribution in [0.1, 0.15) is 43.7 Å². The Balaban J connectivity index is 2.12. The molecule has 0 radical (unpaired) electrons. The molecule has 19 heavy (non-hydrogen) atoms. The third-order valence-electron chi connectivity index (χ3n) is 3.18. The van der Waals surface area contributed by atoms with Crippen LogP contribution in [0.15, 0.2) is 65.3 Å². The maximum atomic E-state index is 5.45. The smallest absolute Gasteiger partial charge is 0.120 e. The minimum absolute atomic E-state index is 0.180. The van der Waals surface area contributed by atoms with Crippen molar-refractivity contribution < 1.29 is 4.42 Å². The van der Waals surface area contributed by atoms with Crippen LogP contribution in [0.2, 0.25) is 0 Å². The molecule has 0 aliphatic rings. The molecule has 1 heterocycles. The van der Waals surface area contributed by atoms with Crippen molar-refractivity contribution >= 4 is 0 Å². The van der Waals surface area contributed by atoms with Gasteiger partial charge in [-0.15, -0.1) is 6.58 Å². The molecular formula is C17H21NO. The highest BCUT2D eigenvalue weighted by molar-refractivity contribution is 5.21. The Bertz CT molecular complexity index is 501. The fourth-order valence-corrected chi connectivity index (χ4v) is 2.23. The van der Waals surface area contributed by atoms with Crippen LogP contribution in [0.25, 0.3) is 0 Å². The van der Waals surface area contributed by atoms with E-state index in [4.69, 9.17) is 4.42 Å². The second-order valence-corrected chi connectivity index (χ2v) is 5.03. The molecular weight excluding hydrogens is 234 g/mol. The summed E-state index contributed by atoms with van der Waals surface area (Å²) < 4.78 is 5.45. The molecule has 0 spiro atoms. The summed E-state index contributed by atoms with van der Waals surface area (Å²) in [7, 11) is 0. The summed E-state index contributed by atoms with van der Waals surface area (Å²) >= 11 is 0. The predicted octanol–water partition coefficient (Wildman–Crippen LogP) is 4.64. The fraction of sp³-hybridized carbons (Fsp3) is 0.294. The number of furan rings is 1. The van der Waals surface area contributed by atoms with E-state index >= 15 is 0 Å². The molecule has 0 aliphatic carbocycles. The first-order chi connectivity index (χ1) is 9.16. The van der Waals surface area contributed by atoms with E-state index < -0.39 is 0 Å². The summed E-state index contributed by atoms with van der Waals surface area (Å²) in [6.45, 7) is 8.21. The maximum Gasteiger partial charge on any atom is 0.120 e. The van der Waals surface area contributed by atoms with Gasteiger partial charge in [-0.2, -0.15) is 0 Å². The van der Waals surface area contributed by atoms with E-state index in [1.807, 2.05) is 18.2 Å². The number of hydrogen-bond donors (Lipinski definition) is 1. The van der Waals surface area contributed by atoms with Gasteiger partial charge in [0.25, 0.3) is 0 Å². The van der Waals surface area contributed by atoms with E-state index in [2.05, 4.69) is 50.0 Å². The van der Waals surface area contributed by atoms with Gasteiger partial charge in [0, 0.05) is 6.04 Å². The molecule has 1 N–H and O–H groups in total. The van der Waals surface area contributed by atoms with Crippen molar-refractivity contribution in [1.82, 2.24) is 5.32 Å². The number of rotatable bonds is 6. The molecule has 2 aromatic rings. The van der Waals surface area contributed by atoms with Gasteiger partial charge in [0.15, 0.2) is 0 Å². The lowest BCUT2D eigenvalue weighted by atomic mass is 9.99. The van der Waals surface area contributed by atoms with Gasteiger partial charge < -0.3 is 9.73 Å². The van der Waals surface area contributed by atoms with Crippen LogP contribution in [-0.4, -0.2) is 0 Å². The van der Waals surface area contributed by atoms with Crippen molar-refractivity contribution in [2.45, 2.75) is 32.4 Å². The summed E-state index contributed by atoms with van der Waals surface area (Å²) in [5, 5.41) is 3.61. The first-order valence-electron chi connectivity index (χ1n) is 6.65. The van der Waals surface area contributed by atoms with Crippen LogP contribution in [0.3, 0.4) is 0 Å². The zero-order chi connectivity index (χ0) is 13.7. The van der Waals surface area contributed by atoms with Gasteiger partial charge in [0.1, 0.15) is 5.76 Å². The van der Waals surface area contributed by atoms with E-state index in [0.717, 1.165) is 12.2 Å². The van der Waals surface area contributed by atoms with E-state index in [1.165, 1.54) is 11.1 Å². The van der Waals surface area contributed by atoms with Crippen LogP contribution >= 0.6 is 0 Å². The number of hydrogen-bond acceptors (Lipinski definition) is 2. The molecule has 0 saturated heterocycles. The highest BCUT2D eigenvalue weighted by Gasteiger charge is 2.16. The average Bonchev–Trinajstić information content (AvgIpc) is 2.92. The zero-order valence-corrected chi connectivity index (χ0v) is 11.6. The Morgan fingerprint density at radius 2 is 1.95 bits per heavy atom. The van der Waals surface area contributed by atoms with Crippen LogP contribution in [-0.2, 0) is 0 Å². The van der Waals surface area contributed by atoms with Crippen LogP contribution in [0.4, 0.5) is 0 Å². The van der Waals surface area contributed by atoms with Crippen molar-refractivity contribution in [3.8, 4) is 0 Å². The summed E-state index contributed by atoms with van der Waals surface area (Å²) in [6, 6.07) is 14.8. The predicted molar refractivity (Wildman–Crippen MR) is 78.9 cm³/mol. The minimum Gasteiger partial charge on any atom is -0.468 e. The number of benzene rings is 1. The highest BCUT2D eigenvalue weighted by atomic mass is 16.3. The van der Waals surface area contributed by atoms with Gasteiger partial charge >= 0.3 is 0 Å². The van der Waals surface area contributed by atoms with Crippen molar-refractivity contribution in [2.75, 3.05) is 0 Å². The molecule has 0 fully saturated rings. The molecule has 1 aromatic carbocycles. The molecule has 2 nitrogen and oxygen atoms in total. The van der Waals surface area contributed by atoms with Gasteiger partial charge in [0.2, 0.25) is 0 Å². The lowest BCUT2D eigenvalue weighted by molar-refractivity contribution is 0.390. The third-order valence-corrected chi connectivity index (χ3v) is 3.18. The Hall–Kier alpha value is -1.80. The van der Waals surface area contributed by atoms with Crippen LogP contribution in [0.5, 0.6) is 0 Å². The van der Waals surface area contributed by atoms with E-state index in [-0.39, 0.29) is 12.1 Å². The molecule has 2 heteroatoms. The molecule has 2 rings (SSSR count). The zero-order valence-electron chi connectivity index (χ0n) is 11.6. The molecule has 0 bridgehead atoms. The summed E-state index contributed by atoms with van der Waals surface area (Å²) in [6.07, 6.45) is 2.64. The van der Waals surface area contributed by atoms with Crippen LogP contribution < -0.4 is 5.32 Å². The highest BCUT2D eigenvalue weighted by Crippen LogP contribution is 2.24. The normalized spacial score (nSPS) is 14.0. The minimum atomic E-state index is 0.180. The molecule has 0 amide bonds. The molecule has 0 saturated carbocycles. The first kappa shape index (κ1) is 13.6. The van der Waals surface area contributed by atoms with Crippen LogP contribution in [0, 0.1) is 0 Å². The average molecular weight is 255 g/mol. The fourth-order valence-electron chi connectivity index (χ4n) is 2.23. The molecule has 0 unspecified atom stereocenters. The second kappa shape index (κ2) is 6.39. The molecule has 2 atom stereocenters. The van der Waals surface area contributed by atoms with Crippen molar-refractivity contribution in [3.05, 3.63) is 72.2 Å². The van der Waals surface area contributed by atoms with Gasteiger partial charge in [-0.1, -0.05) is 35.9 Å². The third kappa shape index (κ3) is 3.83. The van der Waals surface area contributed by atoms with E-state index in [0.29, 0.717) is 0 Å². The molecule has 1 aromatic heterocycles. The quantitative estimate of drug-likeness (QED) is 0.761. The Kier molecular flexibility index (Phi) is 4.58. The SMILES string of the molecule is C=C(C)C[C@H](N[C@H](C)c1ccco1)c1ccccc1. The topological polar surface area (TPSA) is 25.2 Å². The van der Waals surface area contributed by atoms with Gasteiger partial charge in [-0.25, -0.2) is 0 Å². The Morgan fingerprint density at radius 1 is 1.21 bits per heavy atom. The van der Waals surface area contributed by atoms with Gasteiger partial charge in [-0.05, 0) is 38.0 Å². The maximum absolute atomic E-state index is 5.45. The summed E-state index contributed by atoms with van der Waals surface area (Å²) in [5.41, 5.74) is 2.46. The van der Waals surface area contributed by atoms with Crippen molar-refractivity contribution in [1.29, 1.82) is 0 Å². The Labute approximate surface area is 115 Å². The van der Waals surface area contributed by atoms with Crippen molar-refractivity contribution in [2.24, 2.45) is 0 Å². The largest absolute Gasteiger partial charge is 0.468 e. The van der Waals surface area contributed by atoms with E-state index in [9.17, 15) is 0 Å². The number of nitrogens with one attached hydrogen (secondary N) is 1. The van der Waals surface area contributed by atoms with Gasteiger partial charge in [-0.3, -0.25) is 0 Å². The van der Waals surface area contributed by atoms with E-state index in [1.54, 1.807) is 6.26 Å². The van der Waals surface area contributed by atoms with Crippen molar-refractivity contribution in [3.63, 3.8) is 0 Å². The summed E-state index contributed by atoms with van der Waals surface area (Å²) in [4.78, 5) is 0. The standard InChI is InChI=1S/C17H21NO/c1-13(2)12-16(15-8-5-4-6-9-15)18-14(3)17-10-7-11-19-17/h4-11,14,16,18H,1,12H2,2-3H3/t14-,16+/m1/s1. The van der Waals surface area contributed by atoms with Gasteiger partial charge in [0.05, 0.1) is 12.3 Å².